The Bertz CT molecular complexity index is 1080. The van der Waals surface area contributed by atoms with Gasteiger partial charge in [-0.3, -0.25) is 9.59 Å². The number of hydrogen-bond acceptors (Lipinski definition) is 8. The van der Waals surface area contributed by atoms with Crippen LogP contribution in [0.3, 0.4) is 0 Å². The molecule has 3 heterocycles. The molecule has 4 saturated carbocycles. The molecule has 15 atom stereocenters. The maximum atomic E-state index is 13.6. The molecule has 1 spiro atoms. The van der Waals surface area contributed by atoms with E-state index in [9.17, 15) is 19.8 Å². The lowest BCUT2D eigenvalue weighted by molar-refractivity contribution is -0.204. The minimum atomic E-state index is -0.958. The molecule has 38 heavy (non-hydrogen) atoms. The number of epoxide rings is 2. The average Bonchev–Trinajstić information content (AvgIpc) is 3.68. The van der Waals surface area contributed by atoms with Crippen molar-refractivity contribution in [1.29, 1.82) is 0 Å². The standard InChI is InChI=1S/C30H44O8/c1-14(20-13-27(4)29(6,38-27)25(34)36-20)18-12-19(35-15(2)31)24-16-11-23-30(37-23)22(33)8-7-21(32)28(30,5)17(16)9-10-26(18,24)3/h14,16-20,22-25,33-34H,7-13H2,1-6H3/t14-,16+,17-,18+,19-,20+,22-,23+,24+,25+,26+,27-,28-,29+,30+/m0/s1. The fourth-order valence-electron chi connectivity index (χ4n) is 11.1. The van der Waals surface area contributed by atoms with E-state index in [1.165, 1.54) is 6.92 Å². The molecular formula is C30H44O8. The number of ether oxygens (including phenoxy) is 4. The topological polar surface area (TPSA) is 118 Å². The molecular weight excluding hydrogens is 488 g/mol. The molecule has 0 aromatic heterocycles. The zero-order chi connectivity index (χ0) is 27.2. The summed E-state index contributed by atoms with van der Waals surface area (Å²) in [5.41, 5.74) is -2.58. The number of esters is 1. The molecule has 0 amide bonds. The molecule has 8 heteroatoms. The third-order valence-electron chi connectivity index (χ3n) is 13.3. The van der Waals surface area contributed by atoms with Crippen molar-refractivity contribution in [2.24, 2.45) is 40.4 Å². The maximum absolute atomic E-state index is 13.6. The lowest BCUT2D eigenvalue weighted by atomic mass is 9.43. The number of hydrogen-bond donors (Lipinski definition) is 2. The minimum absolute atomic E-state index is 0.0983. The third-order valence-corrected chi connectivity index (χ3v) is 13.3. The smallest absolute Gasteiger partial charge is 0.302 e. The quantitative estimate of drug-likeness (QED) is 0.420. The molecule has 7 rings (SSSR count). The highest BCUT2D eigenvalue weighted by Gasteiger charge is 2.81. The van der Waals surface area contributed by atoms with E-state index in [-0.39, 0.29) is 70.7 Å². The average molecular weight is 533 g/mol. The first kappa shape index (κ1) is 25.9. The van der Waals surface area contributed by atoms with Crippen LogP contribution in [0, 0.1) is 40.4 Å². The van der Waals surface area contributed by atoms with E-state index in [4.69, 9.17) is 18.9 Å². The molecule has 0 unspecified atom stereocenters. The Morgan fingerprint density at radius 3 is 2.55 bits per heavy atom. The van der Waals surface area contributed by atoms with Crippen LogP contribution < -0.4 is 0 Å². The van der Waals surface area contributed by atoms with Gasteiger partial charge in [0.1, 0.15) is 28.7 Å². The van der Waals surface area contributed by atoms with Crippen LogP contribution in [0.2, 0.25) is 0 Å². The molecule has 3 saturated heterocycles. The van der Waals surface area contributed by atoms with Crippen LogP contribution in [0.4, 0.5) is 0 Å². The third kappa shape index (κ3) is 2.89. The minimum Gasteiger partial charge on any atom is -0.462 e. The first-order chi connectivity index (χ1) is 17.7. The lowest BCUT2D eigenvalue weighted by Crippen LogP contribution is -2.65. The highest BCUT2D eigenvalue weighted by atomic mass is 16.7. The molecule has 8 nitrogen and oxygen atoms in total. The van der Waals surface area contributed by atoms with Crippen molar-refractivity contribution in [3.63, 3.8) is 0 Å². The van der Waals surface area contributed by atoms with Crippen LogP contribution in [0.25, 0.3) is 0 Å². The molecule has 0 radical (unpaired) electrons. The van der Waals surface area contributed by atoms with Crippen molar-refractivity contribution in [1.82, 2.24) is 0 Å². The van der Waals surface area contributed by atoms with Crippen LogP contribution in [0.15, 0.2) is 0 Å². The first-order valence-corrected chi connectivity index (χ1v) is 14.8. The van der Waals surface area contributed by atoms with Crippen LogP contribution in [0.1, 0.15) is 86.5 Å². The Morgan fingerprint density at radius 2 is 1.87 bits per heavy atom. The SMILES string of the molecule is CC(=O)O[C@H]1C[C@H]([C@H](C)[C@H]2C[C@]3(C)O[C@]3(C)[C@H](O)O2)[C@@]2(C)CC[C@H]3[C@@H](C[C@H]4O[C@]45[C@@H](O)CCC(=O)[C@]35C)[C@H]12. The van der Waals surface area contributed by atoms with Gasteiger partial charge in [-0.25, -0.2) is 0 Å². The van der Waals surface area contributed by atoms with Gasteiger partial charge in [0.05, 0.1) is 23.7 Å². The number of fused-ring (bicyclic) bond motifs is 5. The summed E-state index contributed by atoms with van der Waals surface area (Å²) in [5.74, 6) is 0.704. The maximum Gasteiger partial charge on any atom is 0.302 e. The summed E-state index contributed by atoms with van der Waals surface area (Å²) in [6, 6.07) is 0. The molecule has 0 aromatic rings. The summed E-state index contributed by atoms with van der Waals surface area (Å²) in [5, 5.41) is 21.8. The van der Waals surface area contributed by atoms with Crippen molar-refractivity contribution in [3.05, 3.63) is 0 Å². The zero-order valence-electron chi connectivity index (χ0n) is 23.6. The van der Waals surface area contributed by atoms with Gasteiger partial charge in [-0.1, -0.05) is 13.8 Å². The van der Waals surface area contributed by atoms with Crippen LogP contribution >= 0.6 is 0 Å². The van der Waals surface area contributed by atoms with Crippen molar-refractivity contribution < 1.29 is 38.7 Å². The van der Waals surface area contributed by atoms with Crippen LogP contribution in [-0.2, 0) is 28.5 Å². The van der Waals surface area contributed by atoms with Crippen molar-refractivity contribution in [2.45, 2.75) is 134 Å². The molecule has 0 bridgehead atoms. The number of ketones is 1. The number of carbonyl (C=O) groups is 2. The molecule has 3 aliphatic heterocycles. The predicted molar refractivity (Wildman–Crippen MR) is 135 cm³/mol. The Kier molecular flexibility index (Phi) is 5.18. The Morgan fingerprint density at radius 1 is 1.13 bits per heavy atom. The lowest BCUT2D eigenvalue weighted by Gasteiger charge is -2.59. The summed E-state index contributed by atoms with van der Waals surface area (Å²) in [4.78, 5) is 25.9. The Labute approximate surface area is 225 Å². The van der Waals surface area contributed by atoms with E-state index in [1.54, 1.807) is 0 Å². The number of aliphatic hydroxyl groups is 2. The molecule has 2 N–H and O–H groups in total. The molecule has 212 valence electrons. The van der Waals surface area contributed by atoms with Crippen LogP contribution in [-0.4, -0.2) is 69.5 Å². The number of rotatable bonds is 3. The van der Waals surface area contributed by atoms with E-state index in [0.29, 0.717) is 12.8 Å². The van der Waals surface area contributed by atoms with Gasteiger partial charge in [0.25, 0.3) is 0 Å². The van der Waals surface area contributed by atoms with Gasteiger partial charge in [0.15, 0.2) is 6.29 Å². The van der Waals surface area contributed by atoms with E-state index < -0.39 is 29.0 Å². The highest BCUT2D eigenvalue weighted by molar-refractivity contribution is 5.88. The van der Waals surface area contributed by atoms with E-state index in [1.807, 2.05) is 6.92 Å². The highest BCUT2D eigenvalue weighted by Crippen LogP contribution is 2.74. The van der Waals surface area contributed by atoms with Crippen molar-refractivity contribution in [2.75, 3.05) is 0 Å². The van der Waals surface area contributed by atoms with Gasteiger partial charge in [-0.05, 0) is 82.0 Å². The summed E-state index contributed by atoms with van der Waals surface area (Å²) >= 11 is 0. The van der Waals surface area contributed by atoms with Crippen LogP contribution in [0.5, 0.6) is 0 Å². The fourth-order valence-corrected chi connectivity index (χ4v) is 11.1. The molecule has 7 fully saturated rings. The fraction of sp³-hybridized carbons (Fsp3) is 0.933. The summed E-state index contributed by atoms with van der Waals surface area (Å²) in [6.07, 6.45) is 2.91. The molecule has 7 aliphatic rings. The summed E-state index contributed by atoms with van der Waals surface area (Å²) < 4.78 is 24.6. The summed E-state index contributed by atoms with van der Waals surface area (Å²) in [7, 11) is 0. The first-order valence-electron chi connectivity index (χ1n) is 14.8. The van der Waals surface area contributed by atoms with Gasteiger partial charge in [-0.2, -0.15) is 0 Å². The molecule has 4 aliphatic carbocycles. The van der Waals surface area contributed by atoms with E-state index in [2.05, 4.69) is 27.7 Å². The zero-order valence-corrected chi connectivity index (χ0v) is 23.6. The van der Waals surface area contributed by atoms with Crippen molar-refractivity contribution in [3.8, 4) is 0 Å². The molecule has 0 aromatic carbocycles. The second-order valence-electron chi connectivity index (χ2n) is 14.7. The van der Waals surface area contributed by atoms with E-state index >= 15 is 0 Å². The Balaban J connectivity index is 1.22. The normalized spacial score (nSPS) is 60.9. The second-order valence-corrected chi connectivity index (χ2v) is 14.7. The van der Waals surface area contributed by atoms with Crippen molar-refractivity contribution >= 4 is 11.8 Å². The van der Waals surface area contributed by atoms with Gasteiger partial charge in [-0.15, -0.1) is 0 Å². The van der Waals surface area contributed by atoms with E-state index in [0.717, 1.165) is 32.1 Å². The van der Waals surface area contributed by atoms with Gasteiger partial charge < -0.3 is 29.2 Å². The monoisotopic (exact) mass is 532 g/mol. The predicted octanol–water partition coefficient (Wildman–Crippen LogP) is 3.15. The number of carbonyl (C=O) groups excluding carboxylic acids is 2. The number of aliphatic hydroxyl groups excluding tert-OH is 2. The summed E-state index contributed by atoms with van der Waals surface area (Å²) in [6.45, 7) is 12.1. The number of Topliss-reactive ketones (excluding diaryl/α,β-unsaturated/α-hetero) is 1. The Hall–Kier alpha value is -1.06. The largest absolute Gasteiger partial charge is 0.462 e. The van der Waals surface area contributed by atoms with Gasteiger partial charge in [0.2, 0.25) is 0 Å². The van der Waals surface area contributed by atoms with Gasteiger partial charge >= 0.3 is 5.97 Å². The van der Waals surface area contributed by atoms with Gasteiger partial charge in [0, 0.05) is 25.7 Å². The second kappa shape index (κ2) is 7.61.